The van der Waals surface area contributed by atoms with E-state index in [9.17, 15) is 9.59 Å². The van der Waals surface area contributed by atoms with Crippen molar-refractivity contribution < 1.29 is 18.5 Å². The van der Waals surface area contributed by atoms with Crippen molar-refractivity contribution in [1.82, 2.24) is 20.4 Å². The van der Waals surface area contributed by atoms with E-state index in [4.69, 9.17) is 8.94 Å². The fraction of sp³-hybridized carbons (Fsp3) is 0.481. The number of amides is 1. The van der Waals surface area contributed by atoms with E-state index >= 15 is 0 Å². The van der Waals surface area contributed by atoms with E-state index in [0.717, 1.165) is 36.1 Å². The van der Waals surface area contributed by atoms with Crippen molar-refractivity contribution >= 4 is 12.2 Å². The van der Waals surface area contributed by atoms with E-state index in [1.165, 1.54) is 12.0 Å². The maximum Gasteiger partial charge on any atom is 0.234 e. The van der Waals surface area contributed by atoms with Crippen molar-refractivity contribution in [3.63, 3.8) is 0 Å². The van der Waals surface area contributed by atoms with Gasteiger partial charge in [-0.15, -0.1) is 0 Å². The minimum absolute atomic E-state index is 0.0387. The fourth-order valence-corrected chi connectivity index (χ4v) is 4.27. The van der Waals surface area contributed by atoms with E-state index in [0.29, 0.717) is 18.3 Å². The van der Waals surface area contributed by atoms with Crippen LogP contribution in [0.3, 0.4) is 0 Å². The zero-order valence-corrected chi connectivity index (χ0v) is 21.4. The van der Waals surface area contributed by atoms with Crippen molar-refractivity contribution in [2.24, 2.45) is 5.41 Å². The normalized spacial score (nSPS) is 17.4. The van der Waals surface area contributed by atoms with Gasteiger partial charge in [-0.1, -0.05) is 50.2 Å². The number of rotatable bonds is 6. The molecule has 2 unspecified atom stereocenters. The van der Waals surface area contributed by atoms with Crippen molar-refractivity contribution in [2.75, 3.05) is 13.6 Å². The quantitative estimate of drug-likeness (QED) is 0.499. The lowest BCUT2D eigenvalue weighted by atomic mass is 9.78. The summed E-state index contributed by atoms with van der Waals surface area (Å²) in [7, 11) is 1.95. The third-order valence-corrected chi connectivity index (χ3v) is 6.34. The van der Waals surface area contributed by atoms with Crippen molar-refractivity contribution in [3.8, 4) is 11.3 Å². The first-order chi connectivity index (χ1) is 16.7. The molecule has 0 aliphatic carbocycles. The second-order valence-corrected chi connectivity index (χ2v) is 10.0. The van der Waals surface area contributed by atoms with Gasteiger partial charge in [0.25, 0.3) is 0 Å². The fourth-order valence-electron chi connectivity index (χ4n) is 4.27. The molecule has 1 fully saturated rings. The minimum atomic E-state index is -0.413. The van der Waals surface area contributed by atoms with Crippen LogP contribution >= 0.6 is 0 Å². The van der Waals surface area contributed by atoms with Gasteiger partial charge in [-0.2, -0.15) is 0 Å². The Balaban J connectivity index is 0.000000203. The Hall–Kier alpha value is -3.26. The smallest absolute Gasteiger partial charge is 0.234 e. The van der Waals surface area contributed by atoms with E-state index in [1.807, 2.05) is 46.9 Å². The van der Waals surface area contributed by atoms with Crippen LogP contribution in [0.1, 0.15) is 69.5 Å². The molecule has 2 aromatic heterocycles. The third kappa shape index (κ3) is 6.45. The van der Waals surface area contributed by atoms with Crippen LogP contribution in [0.4, 0.5) is 0 Å². The maximum atomic E-state index is 12.9. The number of aryl methyl sites for hydroxylation is 1. The average molecular weight is 481 g/mol. The molecule has 0 bridgehead atoms. The summed E-state index contributed by atoms with van der Waals surface area (Å²) in [6.07, 6.45) is 5.66. The molecule has 3 aromatic rings. The molecule has 0 saturated carbocycles. The van der Waals surface area contributed by atoms with Crippen molar-refractivity contribution in [3.05, 3.63) is 59.9 Å². The van der Waals surface area contributed by atoms with Gasteiger partial charge in [0.1, 0.15) is 18.0 Å². The summed E-state index contributed by atoms with van der Waals surface area (Å²) < 4.78 is 10.5. The van der Waals surface area contributed by atoms with E-state index in [-0.39, 0.29) is 17.4 Å². The van der Waals surface area contributed by atoms with Crippen LogP contribution < -0.4 is 5.32 Å². The number of aldehydes is 1. The first kappa shape index (κ1) is 26.3. The first-order valence-corrected chi connectivity index (χ1v) is 12.0. The Morgan fingerprint density at radius 2 is 1.97 bits per heavy atom. The summed E-state index contributed by atoms with van der Waals surface area (Å²) in [5.41, 5.74) is 2.79. The second-order valence-electron chi connectivity index (χ2n) is 10.0. The largest absolute Gasteiger partial charge is 0.444 e. The number of benzene rings is 1. The van der Waals surface area contributed by atoms with Crippen LogP contribution in [-0.4, -0.2) is 46.9 Å². The van der Waals surface area contributed by atoms with Gasteiger partial charge in [0.15, 0.2) is 12.2 Å². The SMILES string of the molecule is CN[C@@H](C)c1ccc(-c2cnco2)cc1.Cc1cc(C(C(=O)N2CCCC2C=O)C(C)(C)C)on1. The Kier molecular flexibility index (Phi) is 8.62. The van der Waals surface area contributed by atoms with Gasteiger partial charge < -0.3 is 24.0 Å². The molecule has 1 aliphatic rings. The number of carbonyl (C=O) groups is 2. The summed E-state index contributed by atoms with van der Waals surface area (Å²) in [5, 5.41) is 7.08. The molecule has 4 rings (SSSR count). The highest BCUT2D eigenvalue weighted by Gasteiger charge is 2.41. The molecule has 1 N–H and O–H groups in total. The molecule has 8 heteroatoms. The Morgan fingerprint density at radius 3 is 2.49 bits per heavy atom. The number of nitrogens with zero attached hydrogens (tertiary/aromatic N) is 3. The van der Waals surface area contributed by atoms with Crippen molar-refractivity contribution in [2.45, 2.75) is 65.5 Å². The molecule has 3 heterocycles. The number of aromatic nitrogens is 2. The highest BCUT2D eigenvalue weighted by atomic mass is 16.5. The highest BCUT2D eigenvalue weighted by molar-refractivity contribution is 5.86. The summed E-state index contributed by atoms with van der Waals surface area (Å²) in [6, 6.07) is 10.2. The predicted octanol–water partition coefficient (Wildman–Crippen LogP) is 4.92. The van der Waals surface area contributed by atoms with Gasteiger partial charge in [-0.25, -0.2) is 4.98 Å². The van der Waals surface area contributed by atoms with Crippen LogP contribution in [0.25, 0.3) is 11.3 Å². The standard InChI is InChI=1S/C15H22N2O3.C12H14N2O/c1-10-8-12(20-16-10)13(15(2,3)4)14(19)17-7-5-6-11(17)9-18;1-9(13-2)10-3-5-11(6-4-10)12-7-14-8-15-12/h8-9,11,13H,5-7H2,1-4H3;3-9,13H,1-2H3/t;9-/m.0/s1. The van der Waals surface area contributed by atoms with Gasteiger partial charge in [0, 0.05) is 24.2 Å². The summed E-state index contributed by atoms with van der Waals surface area (Å²) in [5.74, 6) is 0.933. The van der Waals surface area contributed by atoms with E-state index in [1.54, 1.807) is 17.2 Å². The summed E-state index contributed by atoms with van der Waals surface area (Å²) in [6.45, 7) is 10.6. The number of oxazole rings is 1. The van der Waals surface area contributed by atoms with E-state index in [2.05, 4.69) is 34.5 Å². The molecule has 35 heavy (non-hydrogen) atoms. The predicted molar refractivity (Wildman–Crippen MR) is 134 cm³/mol. The van der Waals surface area contributed by atoms with Crippen LogP contribution in [0.2, 0.25) is 0 Å². The topological polar surface area (TPSA) is 101 Å². The highest BCUT2D eigenvalue weighted by Crippen LogP contribution is 2.38. The first-order valence-electron chi connectivity index (χ1n) is 12.0. The van der Waals surface area contributed by atoms with Gasteiger partial charge in [-0.05, 0) is 44.7 Å². The molecule has 3 atom stereocenters. The Labute approximate surface area is 207 Å². The van der Waals surface area contributed by atoms with Crippen molar-refractivity contribution in [1.29, 1.82) is 0 Å². The number of likely N-dealkylation sites (tertiary alicyclic amines) is 1. The number of carbonyl (C=O) groups excluding carboxylic acids is 2. The number of hydrogen-bond donors (Lipinski definition) is 1. The van der Waals surface area contributed by atoms with Crippen LogP contribution in [0.5, 0.6) is 0 Å². The molecule has 1 amide bonds. The number of nitrogens with one attached hydrogen (secondary N) is 1. The number of hydrogen-bond acceptors (Lipinski definition) is 7. The zero-order valence-electron chi connectivity index (χ0n) is 21.4. The summed E-state index contributed by atoms with van der Waals surface area (Å²) >= 11 is 0. The molecule has 8 nitrogen and oxygen atoms in total. The molecule has 0 spiro atoms. The lowest BCUT2D eigenvalue weighted by Crippen LogP contribution is -2.43. The molecule has 1 aromatic carbocycles. The second kappa shape index (κ2) is 11.4. The van der Waals surface area contributed by atoms with Gasteiger partial charge in [0.2, 0.25) is 5.91 Å². The molecule has 1 saturated heterocycles. The van der Waals surface area contributed by atoms with Crippen LogP contribution in [0, 0.1) is 12.3 Å². The molecule has 0 radical (unpaired) electrons. The Morgan fingerprint density at radius 1 is 1.26 bits per heavy atom. The maximum absolute atomic E-state index is 12.9. The molecular formula is C27H36N4O4. The Bertz CT molecular complexity index is 1080. The van der Waals surface area contributed by atoms with Crippen LogP contribution in [-0.2, 0) is 9.59 Å². The van der Waals surface area contributed by atoms with Crippen LogP contribution in [0.15, 0.2) is 51.9 Å². The third-order valence-electron chi connectivity index (χ3n) is 6.34. The molecule has 188 valence electrons. The zero-order chi connectivity index (χ0) is 25.6. The van der Waals surface area contributed by atoms with Gasteiger partial charge in [0.05, 0.1) is 17.9 Å². The lowest BCUT2D eigenvalue weighted by molar-refractivity contribution is -0.138. The van der Waals surface area contributed by atoms with Gasteiger partial charge >= 0.3 is 0 Å². The van der Waals surface area contributed by atoms with Gasteiger partial charge in [-0.3, -0.25) is 4.79 Å². The lowest BCUT2D eigenvalue weighted by Gasteiger charge is -2.32. The van der Waals surface area contributed by atoms with E-state index < -0.39 is 5.92 Å². The minimum Gasteiger partial charge on any atom is -0.444 e. The molecular weight excluding hydrogens is 444 g/mol. The average Bonchev–Trinajstić information content (AvgIpc) is 3.60. The monoisotopic (exact) mass is 480 g/mol. The summed E-state index contributed by atoms with van der Waals surface area (Å²) in [4.78, 5) is 29.5. The molecule has 1 aliphatic heterocycles.